The number of methoxy groups -OCH3 is 1. The minimum atomic E-state index is -0.609. The average molecular weight is 435 g/mol. The number of rotatable bonds is 8. The lowest BCUT2D eigenvalue weighted by molar-refractivity contribution is 0.0995. The predicted octanol–water partition coefficient (Wildman–Crippen LogP) is 0.857. The van der Waals surface area contributed by atoms with Crippen LogP contribution >= 0.6 is 11.6 Å². The summed E-state index contributed by atoms with van der Waals surface area (Å²) in [6, 6.07) is 7.07. The van der Waals surface area contributed by atoms with Gasteiger partial charge in [0.2, 0.25) is 5.95 Å². The number of nitrogens with two attached hydrogens (primary N) is 1. The summed E-state index contributed by atoms with van der Waals surface area (Å²) in [6.07, 6.45) is 0.886. The molecule has 2 heterocycles. The number of nitrogens with zero attached hydrogens (tertiary/aromatic N) is 5. The molecule has 1 atom stereocenters. The van der Waals surface area contributed by atoms with E-state index in [9.17, 15) is 9.90 Å². The van der Waals surface area contributed by atoms with Crippen molar-refractivity contribution in [3.63, 3.8) is 0 Å². The molecule has 0 bridgehead atoms. The number of carbonyl (C=O) groups is 1. The molecule has 1 fully saturated rings. The molecule has 10 heteroatoms. The van der Waals surface area contributed by atoms with Crippen LogP contribution in [0.25, 0.3) is 0 Å². The Balaban J connectivity index is 1.52. The third kappa shape index (κ3) is 5.50. The Labute approximate surface area is 181 Å². The second kappa shape index (κ2) is 9.92. The van der Waals surface area contributed by atoms with Crippen LogP contribution in [0.2, 0.25) is 5.02 Å². The van der Waals surface area contributed by atoms with Gasteiger partial charge in [-0.15, -0.1) is 0 Å². The number of aliphatic hydroxyl groups excluding tert-OH is 1. The van der Waals surface area contributed by atoms with Gasteiger partial charge in [0.05, 0.1) is 18.9 Å². The minimum Gasteiger partial charge on any atom is -0.495 e. The van der Waals surface area contributed by atoms with E-state index in [0.717, 1.165) is 37.6 Å². The summed E-state index contributed by atoms with van der Waals surface area (Å²) in [6.45, 7) is 4.10. The van der Waals surface area contributed by atoms with E-state index < -0.39 is 12.0 Å². The first-order valence-electron chi connectivity index (χ1n) is 9.70. The molecule has 2 aromatic rings. The van der Waals surface area contributed by atoms with Gasteiger partial charge in [0.1, 0.15) is 11.4 Å². The second-order valence-corrected chi connectivity index (χ2v) is 7.68. The Morgan fingerprint density at radius 3 is 2.73 bits per heavy atom. The van der Waals surface area contributed by atoms with E-state index in [2.05, 4.69) is 19.8 Å². The lowest BCUT2D eigenvalue weighted by Crippen LogP contribution is -2.50. The largest absolute Gasteiger partial charge is 0.495 e. The molecule has 1 aromatic heterocycles. The summed E-state index contributed by atoms with van der Waals surface area (Å²) < 4.78 is 5.45. The topological polar surface area (TPSA) is 108 Å². The van der Waals surface area contributed by atoms with Gasteiger partial charge in [-0.2, -0.15) is 0 Å². The standard InChI is InChI=1S/C20H27ClN6O3/c1-25(20-23-6-5-16(24-20)19(22)29)12-15(28)13-26-7-9-27(10-8-26)17-11-14(21)3-4-18(17)30-2/h3-6,11,15,28H,7-10,12-13H2,1-2H3,(H2,22,29). The van der Waals surface area contributed by atoms with Crippen molar-refractivity contribution in [2.45, 2.75) is 6.10 Å². The Morgan fingerprint density at radius 2 is 2.07 bits per heavy atom. The molecule has 3 rings (SSSR count). The van der Waals surface area contributed by atoms with Crippen molar-refractivity contribution < 1.29 is 14.6 Å². The molecule has 9 nitrogen and oxygen atoms in total. The summed E-state index contributed by atoms with van der Waals surface area (Å²) in [5.41, 5.74) is 6.39. The number of aliphatic hydroxyl groups is 1. The number of likely N-dealkylation sites (N-methyl/N-ethyl adjacent to an activating group) is 1. The molecule has 1 saturated heterocycles. The third-order valence-corrected chi connectivity index (χ3v) is 5.28. The summed E-state index contributed by atoms with van der Waals surface area (Å²) in [5.74, 6) is 0.540. The van der Waals surface area contributed by atoms with Crippen LogP contribution < -0.4 is 20.3 Å². The quantitative estimate of drug-likeness (QED) is 0.629. The second-order valence-electron chi connectivity index (χ2n) is 7.24. The van der Waals surface area contributed by atoms with Gasteiger partial charge in [0.15, 0.2) is 0 Å². The van der Waals surface area contributed by atoms with E-state index in [-0.39, 0.29) is 5.69 Å². The Morgan fingerprint density at radius 1 is 1.33 bits per heavy atom. The molecule has 1 amide bonds. The van der Waals surface area contributed by atoms with Crippen LogP contribution in [0.4, 0.5) is 11.6 Å². The highest BCUT2D eigenvalue weighted by molar-refractivity contribution is 6.30. The number of anilines is 2. The Hall–Kier alpha value is -2.62. The monoisotopic (exact) mass is 434 g/mol. The molecule has 3 N–H and O–H groups in total. The highest BCUT2D eigenvalue weighted by atomic mass is 35.5. The Bertz CT molecular complexity index is 875. The maximum absolute atomic E-state index is 11.3. The van der Waals surface area contributed by atoms with E-state index in [1.54, 1.807) is 19.1 Å². The summed E-state index contributed by atoms with van der Waals surface area (Å²) in [7, 11) is 3.42. The lowest BCUT2D eigenvalue weighted by atomic mass is 10.2. The van der Waals surface area contributed by atoms with E-state index in [1.807, 2.05) is 18.2 Å². The molecule has 0 spiro atoms. The highest BCUT2D eigenvalue weighted by Gasteiger charge is 2.22. The first kappa shape index (κ1) is 22.1. The van der Waals surface area contributed by atoms with E-state index in [0.29, 0.717) is 24.1 Å². The number of hydrogen-bond donors (Lipinski definition) is 2. The number of amides is 1. The van der Waals surface area contributed by atoms with Crippen LogP contribution in [-0.4, -0.2) is 85.4 Å². The van der Waals surface area contributed by atoms with Gasteiger partial charge in [0, 0.05) is 57.5 Å². The Kier molecular flexibility index (Phi) is 7.30. The fraction of sp³-hybridized carbons (Fsp3) is 0.450. The number of aromatic nitrogens is 2. The normalized spacial score (nSPS) is 15.7. The highest BCUT2D eigenvalue weighted by Crippen LogP contribution is 2.31. The van der Waals surface area contributed by atoms with Gasteiger partial charge >= 0.3 is 0 Å². The molecule has 0 radical (unpaired) electrons. The predicted molar refractivity (Wildman–Crippen MR) is 116 cm³/mol. The summed E-state index contributed by atoms with van der Waals surface area (Å²) in [5, 5.41) is 11.2. The number of hydrogen-bond acceptors (Lipinski definition) is 8. The first-order chi connectivity index (χ1) is 14.4. The van der Waals surface area contributed by atoms with Gasteiger partial charge in [0.25, 0.3) is 5.91 Å². The fourth-order valence-corrected chi connectivity index (χ4v) is 3.67. The number of ether oxygens (including phenoxy) is 1. The number of halogens is 1. The number of piperazine rings is 1. The van der Waals surface area contributed by atoms with Crippen LogP contribution in [0, 0.1) is 0 Å². The maximum Gasteiger partial charge on any atom is 0.267 e. The molecule has 1 aliphatic heterocycles. The van der Waals surface area contributed by atoms with Crippen molar-refractivity contribution in [1.82, 2.24) is 14.9 Å². The van der Waals surface area contributed by atoms with Crippen LogP contribution in [0.15, 0.2) is 30.5 Å². The van der Waals surface area contributed by atoms with Gasteiger partial charge < -0.3 is 25.4 Å². The van der Waals surface area contributed by atoms with Crippen molar-refractivity contribution in [2.24, 2.45) is 5.73 Å². The molecule has 1 aliphatic rings. The maximum atomic E-state index is 11.3. The van der Waals surface area contributed by atoms with Crippen LogP contribution in [-0.2, 0) is 0 Å². The number of carbonyl (C=O) groups excluding carboxylic acids is 1. The lowest BCUT2D eigenvalue weighted by Gasteiger charge is -2.37. The molecular formula is C20H27ClN6O3. The number of primary amides is 1. The van der Waals surface area contributed by atoms with Gasteiger partial charge in [-0.3, -0.25) is 9.69 Å². The van der Waals surface area contributed by atoms with Crippen molar-refractivity contribution in [3.05, 3.63) is 41.2 Å². The molecule has 1 unspecified atom stereocenters. The molecule has 0 saturated carbocycles. The minimum absolute atomic E-state index is 0.147. The molecular weight excluding hydrogens is 408 g/mol. The molecule has 30 heavy (non-hydrogen) atoms. The van der Waals surface area contributed by atoms with Crippen LogP contribution in [0.1, 0.15) is 10.5 Å². The molecule has 162 valence electrons. The fourth-order valence-electron chi connectivity index (χ4n) is 3.50. The van der Waals surface area contributed by atoms with Crippen molar-refractivity contribution in [3.8, 4) is 5.75 Å². The molecule has 1 aromatic carbocycles. The summed E-state index contributed by atoms with van der Waals surface area (Å²) in [4.78, 5) is 25.7. The van der Waals surface area contributed by atoms with Gasteiger partial charge in [-0.1, -0.05) is 11.6 Å². The van der Waals surface area contributed by atoms with E-state index in [4.69, 9.17) is 22.1 Å². The van der Waals surface area contributed by atoms with Crippen molar-refractivity contribution >= 4 is 29.1 Å². The smallest absolute Gasteiger partial charge is 0.267 e. The molecule has 0 aliphatic carbocycles. The van der Waals surface area contributed by atoms with E-state index >= 15 is 0 Å². The first-order valence-corrected chi connectivity index (χ1v) is 10.1. The zero-order chi connectivity index (χ0) is 21.7. The van der Waals surface area contributed by atoms with Crippen molar-refractivity contribution in [2.75, 3.05) is 63.2 Å². The van der Waals surface area contributed by atoms with Crippen LogP contribution in [0.5, 0.6) is 5.75 Å². The van der Waals surface area contributed by atoms with Crippen molar-refractivity contribution in [1.29, 1.82) is 0 Å². The zero-order valence-corrected chi connectivity index (χ0v) is 17.9. The third-order valence-electron chi connectivity index (χ3n) is 5.04. The number of β-amino-alcohol motifs (C(OH)–C–C–N with tert-alkyl or cyclic N) is 1. The number of benzene rings is 1. The van der Waals surface area contributed by atoms with Crippen LogP contribution in [0.3, 0.4) is 0 Å². The summed E-state index contributed by atoms with van der Waals surface area (Å²) >= 11 is 6.15. The SMILES string of the molecule is COc1ccc(Cl)cc1N1CCN(CC(O)CN(C)c2nccc(C(N)=O)n2)CC1. The van der Waals surface area contributed by atoms with Gasteiger partial charge in [-0.05, 0) is 24.3 Å². The zero-order valence-electron chi connectivity index (χ0n) is 17.2. The van der Waals surface area contributed by atoms with Gasteiger partial charge in [-0.25, -0.2) is 9.97 Å². The van der Waals surface area contributed by atoms with E-state index in [1.165, 1.54) is 12.3 Å². The average Bonchev–Trinajstić information content (AvgIpc) is 2.74.